The molecule has 2 amide bonds. The van der Waals surface area contributed by atoms with Gasteiger partial charge >= 0.3 is 0 Å². The lowest BCUT2D eigenvalue weighted by Gasteiger charge is -2.26. The van der Waals surface area contributed by atoms with Crippen LogP contribution in [0.1, 0.15) is 24.5 Å². The summed E-state index contributed by atoms with van der Waals surface area (Å²) in [6, 6.07) is 2.87. The number of carbonyl (C=O) groups excluding carboxylic acids is 2. The van der Waals surface area contributed by atoms with Crippen LogP contribution in [0.3, 0.4) is 0 Å². The Hall–Kier alpha value is -1.79. The number of hydrogen-bond acceptors (Lipinski definition) is 4. The van der Waals surface area contributed by atoms with Gasteiger partial charge < -0.3 is 21.1 Å². The number of halogens is 1. The Morgan fingerprint density at radius 1 is 1.50 bits per heavy atom. The molecule has 2 aliphatic heterocycles. The van der Waals surface area contributed by atoms with Gasteiger partial charge in [-0.2, -0.15) is 0 Å². The van der Waals surface area contributed by atoms with E-state index >= 15 is 0 Å². The fraction of sp³-hybridized carbons (Fsp3) is 0.385. The van der Waals surface area contributed by atoms with Gasteiger partial charge in [-0.1, -0.05) is 11.6 Å². The van der Waals surface area contributed by atoms with Gasteiger partial charge in [0.2, 0.25) is 5.91 Å². The van der Waals surface area contributed by atoms with E-state index in [-0.39, 0.29) is 11.9 Å². The topological polar surface area (TPSA) is 95.7 Å². The third-order valence-electron chi connectivity index (χ3n) is 3.81. The molecule has 0 saturated carbocycles. The molecule has 0 aliphatic carbocycles. The molecule has 2 aliphatic rings. The first-order valence-electron chi connectivity index (χ1n) is 6.37. The SMILES string of the molecule is NC(=O)C1CCCN1c1cc2c(cc1Cl)C(O)C(=O)N2. The first-order valence-corrected chi connectivity index (χ1v) is 6.75. The van der Waals surface area contributed by atoms with Gasteiger partial charge in [0.1, 0.15) is 6.04 Å². The van der Waals surface area contributed by atoms with E-state index in [0.29, 0.717) is 34.9 Å². The van der Waals surface area contributed by atoms with Crippen LogP contribution in [0, 0.1) is 0 Å². The summed E-state index contributed by atoms with van der Waals surface area (Å²) in [5.74, 6) is -0.857. The molecule has 2 heterocycles. The summed E-state index contributed by atoms with van der Waals surface area (Å²) in [7, 11) is 0. The van der Waals surface area contributed by atoms with Crippen molar-refractivity contribution >= 4 is 34.8 Å². The predicted molar refractivity (Wildman–Crippen MR) is 74.6 cm³/mol. The van der Waals surface area contributed by atoms with Gasteiger partial charge in [-0.25, -0.2) is 0 Å². The third kappa shape index (κ3) is 1.92. The molecular weight excluding hydrogens is 282 g/mol. The van der Waals surface area contributed by atoms with Crippen LogP contribution < -0.4 is 16.0 Å². The Balaban J connectivity index is 2.02. The zero-order chi connectivity index (χ0) is 14.4. The number of primary amides is 1. The second kappa shape index (κ2) is 4.64. The minimum atomic E-state index is -1.19. The normalized spacial score (nSPS) is 24.7. The van der Waals surface area contributed by atoms with Crippen LogP contribution in [0.5, 0.6) is 0 Å². The molecule has 3 rings (SSSR count). The Kier molecular flexibility index (Phi) is 3.07. The van der Waals surface area contributed by atoms with Gasteiger partial charge in [0.25, 0.3) is 5.91 Å². The van der Waals surface area contributed by atoms with Crippen LogP contribution in [0.4, 0.5) is 11.4 Å². The zero-order valence-electron chi connectivity index (χ0n) is 10.6. The minimum Gasteiger partial charge on any atom is -0.378 e. The summed E-state index contributed by atoms with van der Waals surface area (Å²) >= 11 is 6.23. The van der Waals surface area contributed by atoms with Crippen molar-refractivity contribution in [3.63, 3.8) is 0 Å². The van der Waals surface area contributed by atoms with E-state index in [0.717, 1.165) is 6.42 Å². The van der Waals surface area contributed by atoms with Gasteiger partial charge in [0.15, 0.2) is 6.10 Å². The van der Waals surface area contributed by atoms with Gasteiger partial charge in [0, 0.05) is 17.8 Å². The molecule has 1 fully saturated rings. The Morgan fingerprint density at radius 2 is 2.25 bits per heavy atom. The van der Waals surface area contributed by atoms with Crippen molar-refractivity contribution in [3.8, 4) is 0 Å². The van der Waals surface area contributed by atoms with Crippen LogP contribution >= 0.6 is 11.6 Å². The van der Waals surface area contributed by atoms with Crippen molar-refractivity contribution in [1.82, 2.24) is 0 Å². The highest BCUT2D eigenvalue weighted by Gasteiger charge is 2.34. The molecule has 7 heteroatoms. The molecule has 0 spiro atoms. The van der Waals surface area contributed by atoms with Gasteiger partial charge in [-0.3, -0.25) is 9.59 Å². The van der Waals surface area contributed by atoms with Crippen molar-refractivity contribution in [2.45, 2.75) is 25.0 Å². The lowest BCUT2D eigenvalue weighted by molar-refractivity contribution is -0.123. The molecule has 0 radical (unpaired) electrons. The maximum atomic E-state index is 11.5. The minimum absolute atomic E-state index is 0.382. The standard InChI is InChI=1S/C13H14ClN3O3/c14-7-4-6-8(16-13(20)11(6)18)5-10(7)17-3-1-2-9(17)12(15)19/h4-5,9,11,18H,1-3H2,(H2,15,19)(H,16,20). The first-order chi connectivity index (χ1) is 9.49. The molecule has 0 aromatic heterocycles. The molecule has 4 N–H and O–H groups in total. The van der Waals surface area contributed by atoms with Crippen LogP contribution in [0.15, 0.2) is 12.1 Å². The lowest BCUT2D eigenvalue weighted by Crippen LogP contribution is -2.40. The second-order valence-electron chi connectivity index (χ2n) is 5.04. The van der Waals surface area contributed by atoms with E-state index in [1.165, 1.54) is 0 Å². The number of fused-ring (bicyclic) bond motifs is 1. The molecule has 1 aromatic carbocycles. The Morgan fingerprint density at radius 3 is 2.95 bits per heavy atom. The highest BCUT2D eigenvalue weighted by atomic mass is 35.5. The number of rotatable bonds is 2. The maximum Gasteiger partial charge on any atom is 0.257 e. The van der Waals surface area contributed by atoms with E-state index in [1.54, 1.807) is 12.1 Å². The number of carbonyl (C=O) groups is 2. The molecule has 2 atom stereocenters. The van der Waals surface area contributed by atoms with Crippen LogP contribution in [-0.2, 0) is 9.59 Å². The van der Waals surface area contributed by atoms with Crippen molar-refractivity contribution in [2.24, 2.45) is 5.73 Å². The number of nitrogens with one attached hydrogen (secondary N) is 1. The van der Waals surface area contributed by atoms with Crippen LogP contribution in [-0.4, -0.2) is 29.5 Å². The molecule has 6 nitrogen and oxygen atoms in total. The van der Waals surface area contributed by atoms with E-state index in [1.807, 2.05) is 4.90 Å². The molecule has 1 aromatic rings. The van der Waals surface area contributed by atoms with E-state index in [9.17, 15) is 14.7 Å². The lowest BCUT2D eigenvalue weighted by atomic mass is 10.1. The summed E-state index contributed by atoms with van der Waals surface area (Å²) in [4.78, 5) is 24.8. The first kappa shape index (κ1) is 13.2. The number of nitrogens with two attached hydrogens (primary N) is 1. The average Bonchev–Trinajstić information content (AvgIpc) is 2.97. The predicted octanol–water partition coefficient (Wildman–Crippen LogP) is 0.780. The number of nitrogens with zero attached hydrogens (tertiary/aromatic N) is 1. The van der Waals surface area contributed by atoms with Gasteiger partial charge in [0.05, 0.1) is 10.7 Å². The Bertz CT molecular complexity index is 605. The summed E-state index contributed by atoms with van der Waals surface area (Å²) in [5.41, 5.74) is 7.03. The number of anilines is 2. The quantitative estimate of drug-likeness (QED) is 0.751. The molecule has 2 unspecified atom stereocenters. The fourth-order valence-corrected chi connectivity index (χ4v) is 3.11. The number of benzene rings is 1. The monoisotopic (exact) mass is 295 g/mol. The van der Waals surface area contributed by atoms with Crippen molar-refractivity contribution in [1.29, 1.82) is 0 Å². The molecule has 20 heavy (non-hydrogen) atoms. The summed E-state index contributed by atoms with van der Waals surface area (Å²) in [6.45, 7) is 0.683. The van der Waals surface area contributed by atoms with Crippen LogP contribution in [0.25, 0.3) is 0 Å². The molecule has 106 valence electrons. The molecular formula is C13H14ClN3O3. The number of aliphatic hydroxyl groups is 1. The average molecular weight is 296 g/mol. The zero-order valence-corrected chi connectivity index (χ0v) is 11.4. The highest BCUT2D eigenvalue weighted by Crippen LogP contribution is 2.40. The van der Waals surface area contributed by atoms with Crippen molar-refractivity contribution < 1.29 is 14.7 Å². The maximum absolute atomic E-state index is 11.5. The van der Waals surface area contributed by atoms with Gasteiger partial charge in [-0.15, -0.1) is 0 Å². The molecule has 0 bridgehead atoms. The van der Waals surface area contributed by atoms with Crippen LogP contribution in [0.2, 0.25) is 5.02 Å². The summed E-state index contributed by atoms with van der Waals surface area (Å²) in [5, 5.41) is 12.7. The number of hydrogen-bond donors (Lipinski definition) is 3. The number of amides is 2. The number of aliphatic hydroxyl groups excluding tert-OH is 1. The van der Waals surface area contributed by atoms with E-state index < -0.39 is 12.0 Å². The van der Waals surface area contributed by atoms with E-state index in [2.05, 4.69) is 5.32 Å². The molecule has 1 saturated heterocycles. The third-order valence-corrected chi connectivity index (χ3v) is 4.11. The smallest absolute Gasteiger partial charge is 0.257 e. The fourth-order valence-electron chi connectivity index (χ4n) is 2.82. The van der Waals surface area contributed by atoms with E-state index in [4.69, 9.17) is 17.3 Å². The largest absolute Gasteiger partial charge is 0.378 e. The summed E-state index contributed by atoms with van der Waals surface area (Å²) < 4.78 is 0. The Labute approximate surface area is 120 Å². The van der Waals surface area contributed by atoms with Gasteiger partial charge in [-0.05, 0) is 25.0 Å². The second-order valence-corrected chi connectivity index (χ2v) is 5.44. The van der Waals surface area contributed by atoms with Crippen molar-refractivity contribution in [2.75, 3.05) is 16.8 Å². The van der Waals surface area contributed by atoms with Crippen molar-refractivity contribution in [3.05, 3.63) is 22.7 Å². The summed E-state index contributed by atoms with van der Waals surface area (Å²) in [6.07, 6.45) is 0.357. The highest BCUT2D eigenvalue weighted by molar-refractivity contribution is 6.33.